The first kappa shape index (κ1) is 16.2. The summed E-state index contributed by atoms with van der Waals surface area (Å²) in [5, 5.41) is 0. The van der Waals surface area contributed by atoms with Crippen molar-refractivity contribution in [3.8, 4) is 5.88 Å². The number of aromatic nitrogens is 2. The van der Waals surface area contributed by atoms with Gasteiger partial charge in [-0.1, -0.05) is 13.8 Å². The Morgan fingerprint density at radius 2 is 2.26 bits per heavy atom. The second kappa shape index (κ2) is 6.43. The Morgan fingerprint density at radius 3 is 2.96 bits per heavy atom. The Bertz CT molecular complexity index is 570. The van der Waals surface area contributed by atoms with Gasteiger partial charge in [0, 0.05) is 25.5 Å². The number of rotatable bonds is 4. The second-order valence-corrected chi connectivity index (χ2v) is 7.11. The first-order valence-corrected chi connectivity index (χ1v) is 8.33. The molecule has 0 bridgehead atoms. The van der Waals surface area contributed by atoms with Crippen LogP contribution >= 0.6 is 0 Å². The minimum absolute atomic E-state index is 0.0715. The molecule has 2 fully saturated rings. The lowest BCUT2D eigenvalue weighted by Crippen LogP contribution is -2.67. The third kappa shape index (κ3) is 3.80. The van der Waals surface area contributed by atoms with E-state index >= 15 is 0 Å². The molecule has 6 nitrogen and oxygen atoms in total. The summed E-state index contributed by atoms with van der Waals surface area (Å²) in [4.78, 5) is 22.4. The minimum Gasteiger partial charge on any atom is -0.473 e. The molecule has 1 spiro atoms. The van der Waals surface area contributed by atoms with E-state index in [-0.39, 0.29) is 17.6 Å². The van der Waals surface area contributed by atoms with E-state index in [9.17, 15) is 4.79 Å². The van der Waals surface area contributed by atoms with Gasteiger partial charge in [0.05, 0.1) is 31.6 Å². The highest BCUT2D eigenvalue weighted by Gasteiger charge is 2.49. The number of hydrogen-bond donors (Lipinski definition) is 0. The monoisotopic (exact) mass is 319 g/mol. The highest BCUT2D eigenvalue weighted by atomic mass is 16.5. The van der Waals surface area contributed by atoms with Gasteiger partial charge in [0.2, 0.25) is 11.8 Å². The van der Waals surface area contributed by atoms with Crippen LogP contribution in [0.2, 0.25) is 0 Å². The molecule has 126 valence electrons. The van der Waals surface area contributed by atoms with Gasteiger partial charge in [0.25, 0.3) is 0 Å². The fourth-order valence-electron chi connectivity index (χ4n) is 3.28. The van der Waals surface area contributed by atoms with Crippen molar-refractivity contribution in [1.29, 1.82) is 0 Å². The molecule has 0 aromatic carbocycles. The Morgan fingerprint density at radius 1 is 1.48 bits per heavy atom. The molecule has 1 atom stereocenters. The molecule has 1 aromatic heterocycles. The third-order valence-electron chi connectivity index (χ3n) is 4.36. The molecule has 0 N–H and O–H groups in total. The van der Waals surface area contributed by atoms with Crippen LogP contribution < -0.4 is 4.74 Å². The summed E-state index contributed by atoms with van der Waals surface area (Å²) in [5.74, 6) is 1.18. The summed E-state index contributed by atoms with van der Waals surface area (Å²) in [6, 6.07) is 0. The van der Waals surface area contributed by atoms with E-state index in [1.54, 1.807) is 12.4 Å². The van der Waals surface area contributed by atoms with E-state index in [1.807, 2.05) is 11.8 Å². The van der Waals surface area contributed by atoms with Crippen LogP contribution in [0, 0.1) is 12.8 Å². The van der Waals surface area contributed by atoms with Crippen LogP contribution in [0.1, 0.15) is 38.8 Å². The van der Waals surface area contributed by atoms with Crippen LogP contribution in [0.4, 0.5) is 0 Å². The van der Waals surface area contributed by atoms with E-state index in [0.29, 0.717) is 37.9 Å². The van der Waals surface area contributed by atoms with Crippen molar-refractivity contribution in [3.63, 3.8) is 0 Å². The molecule has 3 rings (SSSR count). The van der Waals surface area contributed by atoms with Gasteiger partial charge in [0.1, 0.15) is 11.7 Å². The van der Waals surface area contributed by atoms with Crippen molar-refractivity contribution >= 4 is 5.91 Å². The first-order valence-electron chi connectivity index (χ1n) is 8.33. The van der Waals surface area contributed by atoms with Crippen molar-refractivity contribution < 1.29 is 14.3 Å². The zero-order valence-electron chi connectivity index (χ0n) is 14.1. The number of nitrogens with zero attached hydrogens (tertiary/aromatic N) is 3. The molecule has 6 heteroatoms. The van der Waals surface area contributed by atoms with E-state index in [1.165, 1.54) is 0 Å². The maximum atomic E-state index is 12.1. The predicted molar refractivity (Wildman–Crippen MR) is 85.1 cm³/mol. The van der Waals surface area contributed by atoms with Gasteiger partial charge < -0.3 is 14.4 Å². The lowest BCUT2D eigenvalue weighted by molar-refractivity contribution is -0.193. The minimum atomic E-state index is -0.229. The van der Waals surface area contributed by atoms with Crippen LogP contribution in [0.3, 0.4) is 0 Å². The quantitative estimate of drug-likeness (QED) is 0.849. The van der Waals surface area contributed by atoms with Crippen molar-refractivity contribution in [1.82, 2.24) is 14.9 Å². The fourth-order valence-corrected chi connectivity index (χ4v) is 3.28. The van der Waals surface area contributed by atoms with Gasteiger partial charge in [-0.15, -0.1) is 0 Å². The van der Waals surface area contributed by atoms with Gasteiger partial charge >= 0.3 is 0 Å². The summed E-state index contributed by atoms with van der Waals surface area (Å²) in [7, 11) is 0. The Labute approximate surface area is 137 Å². The number of amides is 1. The lowest BCUT2D eigenvalue weighted by Gasteiger charge is -2.53. The summed E-state index contributed by atoms with van der Waals surface area (Å²) >= 11 is 0. The van der Waals surface area contributed by atoms with Gasteiger partial charge in [-0.3, -0.25) is 9.78 Å². The molecule has 0 aliphatic carbocycles. The van der Waals surface area contributed by atoms with Crippen molar-refractivity contribution in [2.24, 2.45) is 5.92 Å². The smallest absolute Gasteiger partial charge is 0.232 e. The summed E-state index contributed by atoms with van der Waals surface area (Å²) in [5.41, 5.74) is 0.616. The largest absolute Gasteiger partial charge is 0.473 e. The Hall–Kier alpha value is -1.69. The molecular weight excluding hydrogens is 294 g/mol. The Balaban J connectivity index is 1.54. The van der Waals surface area contributed by atoms with Gasteiger partial charge in [-0.25, -0.2) is 4.98 Å². The molecule has 2 aliphatic heterocycles. The average Bonchev–Trinajstić information content (AvgIpc) is 2.44. The third-order valence-corrected chi connectivity index (χ3v) is 4.36. The highest BCUT2D eigenvalue weighted by Crippen LogP contribution is 2.36. The van der Waals surface area contributed by atoms with Crippen molar-refractivity contribution in [2.45, 2.75) is 51.7 Å². The molecular formula is C17H25N3O3. The van der Waals surface area contributed by atoms with Crippen molar-refractivity contribution in [2.75, 3.05) is 19.7 Å². The number of likely N-dealkylation sites (tertiary alicyclic amines) is 1. The van der Waals surface area contributed by atoms with Crippen LogP contribution in [-0.2, 0) is 9.53 Å². The zero-order valence-corrected chi connectivity index (χ0v) is 14.1. The van der Waals surface area contributed by atoms with Gasteiger partial charge in [-0.05, 0) is 12.8 Å². The standard InChI is InChI=1S/C17H25N3O3/c1-12(2)6-16(21)20-10-17(11-20)7-14(4-5-22-17)23-15-9-18-8-13(3)19-15/h8-9,12,14H,4-7,10-11H2,1-3H3/t14-/m0/s1. The summed E-state index contributed by atoms with van der Waals surface area (Å²) in [6.45, 7) is 8.05. The normalized spacial score (nSPS) is 23.0. The maximum Gasteiger partial charge on any atom is 0.232 e. The second-order valence-electron chi connectivity index (χ2n) is 7.11. The van der Waals surface area contributed by atoms with Crippen LogP contribution in [0.15, 0.2) is 12.4 Å². The van der Waals surface area contributed by atoms with Gasteiger partial charge in [-0.2, -0.15) is 0 Å². The average molecular weight is 319 g/mol. The van der Waals surface area contributed by atoms with E-state index in [2.05, 4.69) is 23.8 Å². The van der Waals surface area contributed by atoms with E-state index in [4.69, 9.17) is 9.47 Å². The maximum absolute atomic E-state index is 12.1. The molecule has 23 heavy (non-hydrogen) atoms. The zero-order chi connectivity index (χ0) is 16.4. The topological polar surface area (TPSA) is 64.6 Å². The van der Waals surface area contributed by atoms with Crippen LogP contribution in [-0.4, -0.2) is 52.2 Å². The van der Waals surface area contributed by atoms with Crippen molar-refractivity contribution in [3.05, 3.63) is 18.1 Å². The SMILES string of the molecule is Cc1cncc(O[C@H]2CCOC3(C2)CN(C(=O)CC(C)C)C3)n1. The first-order chi connectivity index (χ1) is 11.0. The van der Waals surface area contributed by atoms with Crippen LogP contribution in [0.25, 0.3) is 0 Å². The predicted octanol–water partition coefficient (Wildman–Crippen LogP) is 1.97. The lowest BCUT2D eigenvalue weighted by atomic mass is 9.84. The fraction of sp³-hybridized carbons (Fsp3) is 0.706. The Kier molecular flexibility index (Phi) is 4.53. The number of carbonyl (C=O) groups excluding carboxylic acids is 1. The van der Waals surface area contributed by atoms with Crippen LogP contribution in [0.5, 0.6) is 5.88 Å². The molecule has 3 heterocycles. The summed E-state index contributed by atoms with van der Waals surface area (Å²) in [6.07, 6.45) is 5.68. The molecule has 0 unspecified atom stereocenters. The number of hydrogen-bond acceptors (Lipinski definition) is 5. The molecule has 1 amide bonds. The number of ether oxygens (including phenoxy) is 2. The summed E-state index contributed by atoms with van der Waals surface area (Å²) < 4.78 is 11.9. The number of aryl methyl sites for hydroxylation is 1. The van der Waals surface area contributed by atoms with Gasteiger partial charge in [0.15, 0.2) is 0 Å². The molecule has 2 saturated heterocycles. The molecule has 2 aliphatic rings. The molecule has 0 saturated carbocycles. The van der Waals surface area contributed by atoms with E-state index < -0.39 is 0 Å². The number of carbonyl (C=O) groups is 1. The highest BCUT2D eigenvalue weighted by molar-refractivity contribution is 5.77. The van der Waals surface area contributed by atoms with E-state index in [0.717, 1.165) is 18.5 Å². The molecule has 0 radical (unpaired) electrons. The molecule has 1 aromatic rings.